The average Bonchev–Trinajstić information content (AvgIpc) is 2.92. The minimum atomic E-state index is -0.261. The summed E-state index contributed by atoms with van der Waals surface area (Å²) in [4.78, 5) is 26.6. The van der Waals surface area contributed by atoms with Crippen LogP contribution in [-0.4, -0.2) is 24.4 Å². The summed E-state index contributed by atoms with van der Waals surface area (Å²) in [5.74, 6) is 0.0914. The predicted octanol–water partition coefficient (Wildman–Crippen LogP) is 3.42. The largest absolute Gasteiger partial charge is 0.385 e. The van der Waals surface area contributed by atoms with Crippen molar-refractivity contribution < 1.29 is 9.59 Å². The summed E-state index contributed by atoms with van der Waals surface area (Å²) in [5, 5.41) is 3.43. The van der Waals surface area contributed by atoms with E-state index in [0.29, 0.717) is 28.8 Å². The number of hydrogen-bond acceptors (Lipinski definition) is 4. The van der Waals surface area contributed by atoms with Crippen LogP contribution in [0.5, 0.6) is 0 Å². The van der Waals surface area contributed by atoms with Crippen LogP contribution in [0, 0.1) is 5.92 Å². The molecule has 3 N–H and O–H groups in total. The Labute approximate surface area is 153 Å². The molecule has 1 fully saturated rings. The van der Waals surface area contributed by atoms with E-state index in [1.54, 1.807) is 24.3 Å². The highest BCUT2D eigenvalue weighted by molar-refractivity contribution is 6.34. The Kier molecular flexibility index (Phi) is 4.47. The monoisotopic (exact) mass is 349 g/mol. The summed E-state index contributed by atoms with van der Waals surface area (Å²) in [7, 11) is 0. The molecule has 0 aromatic heterocycles. The smallest absolute Gasteiger partial charge is 0.266 e. The van der Waals surface area contributed by atoms with E-state index >= 15 is 0 Å². The molecule has 2 aliphatic rings. The maximum atomic E-state index is 12.8. The average molecular weight is 349 g/mol. The number of rotatable bonds is 4. The van der Waals surface area contributed by atoms with E-state index in [4.69, 9.17) is 5.73 Å². The standard InChI is InChI=1S/C21H23N3O2/c22-15-8-6-14(7-9-15)13-23-16-10-11-18-19(12-16)21(26)24(20(18)25)17-4-2-1-3-5-17/h1-5,10-12,14-15,23H,6-9,13,22H2. The van der Waals surface area contributed by atoms with Crippen LogP contribution >= 0.6 is 0 Å². The molecule has 26 heavy (non-hydrogen) atoms. The summed E-state index contributed by atoms with van der Waals surface area (Å²) < 4.78 is 0. The molecule has 4 rings (SSSR count). The molecule has 1 aliphatic carbocycles. The van der Waals surface area contributed by atoms with Gasteiger partial charge in [0.1, 0.15) is 0 Å². The van der Waals surface area contributed by atoms with Gasteiger partial charge in [0.25, 0.3) is 11.8 Å². The van der Waals surface area contributed by atoms with Crippen molar-refractivity contribution in [1.29, 1.82) is 0 Å². The fourth-order valence-corrected chi connectivity index (χ4v) is 3.82. The van der Waals surface area contributed by atoms with Crippen molar-refractivity contribution in [2.24, 2.45) is 11.7 Å². The maximum Gasteiger partial charge on any atom is 0.266 e. The van der Waals surface area contributed by atoms with E-state index in [2.05, 4.69) is 5.32 Å². The van der Waals surface area contributed by atoms with Crippen LogP contribution in [0.25, 0.3) is 0 Å². The Hall–Kier alpha value is -2.66. The summed E-state index contributed by atoms with van der Waals surface area (Å²) in [6.07, 6.45) is 4.43. The highest BCUT2D eigenvalue weighted by Gasteiger charge is 2.36. The lowest BCUT2D eigenvalue weighted by molar-refractivity contribution is 0.0926. The molecule has 2 aromatic carbocycles. The van der Waals surface area contributed by atoms with Gasteiger partial charge in [-0.2, -0.15) is 0 Å². The summed E-state index contributed by atoms with van der Waals surface area (Å²) >= 11 is 0. The van der Waals surface area contributed by atoms with Gasteiger partial charge in [0, 0.05) is 18.3 Å². The number of imide groups is 1. The normalized spacial score (nSPS) is 22.4. The van der Waals surface area contributed by atoms with Gasteiger partial charge in [0.15, 0.2) is 0 Å². The minimum Gasteiger partial charge on any atom is -0.385 e. The number of para-hydroxylation sites is 1. The van der Waals surface area contributed by atoms with Crippen molar-refractivity contribution in [3.63, 3.8) is 0 Å². The highest BCUT2D eigenvalue weighted by Crippen LogP contribution is 2.30. The first-order chi connectivity index (χ1) is 12.6. The second-order valence-corrected chi connectivity index (χ2v) is 7.20. The molecule has 0 spiro atoms. The zero-order valence-corrected chi connectivity index (χ0v) is 14.7. The molecular weight excluding hydrogens is 326 g/mol. The third-order valence-corrected chi connectivity index (χ3v) is 5.39. The molecule has 1 heterocycles. The van der Waals surface area contributed by atoms with Crippen LogP contribution in [0.1, 0.15) is 46.4 Å². The van der Waals surface area contributed by atoms with Gasteiger partial charge in [0.2, 0.25) is 0 Å². The number of carbonyl (C=O) groups is 2. The number of nitrogens with zero attached hydrogens (tertiary/aromatic N) is 1. The SMILES string of the molecule is NC1CCC(CNc2ccc3c(c2)C(=O)N(c2ccccc2)C3=O)CC1. The Morgan fingerprint density at radius 1 is 0.923 bits per heavy atom. The van der Waals surface area contributed by atoms with E-state index < -0.39 is 0 Å². The Balaban J connectivity index is 1.49. The summed E-state index contributed by atoms with van der Waals surface area (Å²) in [5.41, 5.74) is 8.38. The zero-order chi connectivity index (χ0) is 18.1. The van der Waals surface area contributed by atoms with E-state index in [-0.39, 0.29) is 11.8 Å². The molecule has 0 saturated heterocycles. The fourth-order valence-electron chi connectivity index (χ4n) is 3.82. The van der Waals surface area contributed by atoms with E-state index in [1.165, 1.54) is 4.90 Å². The van der Waals surface area contributed by atoms with Gasteiger partial charge in [0.05, 0.1) is 16.8 Å². The number of hydrogen-bond donors (Lipinski definition) is 2. The maximum absolute atomic E-state index is 12.8. The molecule has 0 radical (unpaired) electrons. The van der Waals surface area contributed by atoms with Gasteiger partial charge in [-0.1, -0.05) is 18.2 Å². The minimum absolute atomic E-state index is 0.260. The lowest BCUT2D eigenvalue weighted by Gasteiger charge is -2.26. The molecule has 0 unspecified atom stereocenters. The third-order valence-electron chi connectivity index (χ3n) is 5.39. The molecule has 1 aliphatic heterocycles. The Morgan fingerprint density at radius 2 is 1.62 bits per heavy atom. The quantitative estimate of drug-likeness (QED) is 0.830. The molecular formula is C21H23N3O2. The second-order valence-electron chi connectivity index (χ2n) is 7.20. The van der Waals surface area contributed by atoms with Crippen LogP contribution < -0.4 is 16.0 Å². The Morgan fingerprint density at radius 3 is 2.35 bits per heavy atom. The van der Waals surface area contributed by atoms with Gasteiger partial charge in [-0.3, -0.25) is 9.59 Å². The number of anilines is 2. The molecule has 2 amide bonds. The second kappa shape index (κ2) is 6.92. The van der Waals surface area contributed by atoms with Crippen molar-refractivity contribution in [1.82, 2.24) is 0 Å². The van der Waals surface area contributed by atoms with Crippen LogP contribution in [-0.2, 0) is 0 Å². The van der Waals surface area contributed by atoms with E-state index in [0.717, 1.165) is 37.9 Å². The molecule has 0 bridgehead atoms. The van der Waals surface area contributed by atoms with Gasteiger partial charge in [-0.15, -0.1) is 0 Å². The summed E-state index contributed by atoms with van der Waals surface area (Å²) in [6.45, 7) is 0.871. The number of nitrogens with one attached hydrogen (secondary N) is 1. The first kappa shape index (κ1) is 16.8. The van der Waals surface area contributed by atoms with Crippen molar-refractivity contribution in [3.8, 4) is 0 Å². The van der Waals surface area contributed by atoms with Crippen LogP contribution in [0.15, 0.2) is 48.5 Å². The van der Waals surface area contributed by atoms with Gasteiger partial charge in [-0.25, -0.2) is 4.90 Å². The van der Waals surface area contributed by atoms with Gasteiger partial charge < -0.3 is 11.1 Å². The summed E-state index contributed by atoms with van der Waals surface area (Å²) in [6, 6.07) is 14.8. The zero-order valence-electron chi connectivity index (χ0n) is 14.7. The van der Waals surface area contributed by atoms with Crippen LogP contribution in [0.2, 0.25) is 0 Å². The van der Waals surface area contributed by atoms with E-state index in [1.807, 2.05) is 24.3 Å². The number of fused-ring (bicyclic) bond motifs is 1. The Bertz CT molecular complexity index is 826. The molecule has 1 saturated carbocycles. The highest BCUT2D eigenvalue weighted by atomic mass is 16.2. The first-order valence-corrected chi connectivity index (χ1v) is 9.21. The van der Waals surface area contributed by atoms with Gasteiger partial charge in [-0.05, 0) is 61.9 Å². The fraction of sp³-hybridized carbons (Fsp3) is 0.333. The number of carbonyl (C=O) groups excluding carboxylic acids is 2. The molecule has 0 atom stereocenters. The number of amides is 2. The topological polar surface area (TPSA) is 75.4 Å². The molecule has 134 valence electrons. The van der Waals surface area contributed by atoms with Gasteiger partial charge >= 0.3 is 0 Å². The number of benzene rings is 2. The van der Waals surface area contributed by atoms with Crippen LogP contribution in [0.4, 0.5) is 11.4 Å². The lowest BCUT2D eigenvalue weighted by Crippen LogP contribution is -2.29. The van der Waals surface area contributed by atoms with Crippen molar-refractivity contribution in [2.75, 3.05) is 16.8 Å². The third kappa shape index (κ3) is 3.10. The first-order valence-electron chi connectivity index (χ1n) is 9.21. The van der Waals surface area contributed by atoms with Crippen molar-refractivity contribution in [3.05, 3.63) is 59.7 Å². The molecule has 5 heteroatoms. The predicted molar refractivity (Wildman–Crippen MR) is 102 cm³/mol. The van der Waals surface area contributed by atoms with E-state index in [9.17, 15) is 9.59 Å². The lowest BCUT2D eigenvalue weighted by atomic mass is 9.86. The van der Waals surface area contributed by atoms with Crippen molar-refractivity contribution in [2.45, 2.75) is 31.7 Å². The van der Waals surface area contributed by atoms with Crippen LogP contribution in [0.3, 0.4) is 0 Å². The van der Waals surface area contributed by atoms with Crippen molar-refractivity contribution >= 4 is 23.2 Å². The molecule has 5 nitrogen and oxygen atoms in total. The number of nitrogens with two attached hydrogens (primary N) is 1. The molecule has 2 aromatic rings.